The molecule has 12 heteroatoms. The van der Waals surface area contributed by atoms with Crippen molar-refractivity contribution in [3.8, 4) is 0 Å². The van der Waals surface area contributed by atoms with Gasteiger partial charge in [-0.1, -0.05) is 5.11 Å². The van der Waals surface area contributed by atoms with Crippen LogP contribution < -0.4 is 0 Å². The van der Waals surface area contributed by atoms with Crippen molar-refractivity contribution in [2.75, 3.05) is 6.61 Å². The van der Waals surface area contributed by atoms with Gasteiger partial charge in [-0.2, -0.15) is 0 Å². The van der Waals surface area contributed by atoms with Gasteiger partial charge in [0.15, 0.2) is 12.2 Å². The second-order valence-corrected chi connectivity index (χ2v) is 5.30. The van der Waals surface area contributed by atoms with Gasteiger partial charge in [-0.25, -0.2) is 0 Å². The van der Waals surface area contributed by atoms with Crippen molar-refractivity contribution in [1.82, 2.24) is 0 Å². The predicted octanol–water partition coefficient (Wildman–Crippen LogP) is 0.380. The summed E-state index contributed by atoms with van der Waals surface area (Å²) < 4.78 is 25.5. The molecule has 1 rings (SSSR count). The molecule has 0 amide bonds. The maximum atomic E-state index is 11.5. The first-order chi connectivity index (χ1) is 12.1. The molecular formula is C14H19N3O9. The van der Waals surface area contributed by atoms with Gasteiger partial charge in [0.05, 0.1) is 0 Å². The molecule has 26 heavy (non-hydrogen) atoms. The molecule has 144 valence electrons. The Balaban J connectivity index is 3.28. The summed E-state index contributed by atoms with van der Waals surface area (Å²) in [7, 11) is 0. The van der Waals surface area contributed by atoms with Crippen molar-refractivity contribution in [1.29, 1.82) is 0 Å². The van der Waals surface area contributed by atoms with E-state index in [0.717, 1.165) is 27.7 Å². The van der Waals surface area contributed by atoms with E-state index in [0.29, 0.717) is 0 Å². The second-order valence-electron chi connectivity index (χ2n) is 5.30. The Morgan fingerprint density at radius 3 is 1.92 bits per heavy atom. The highest BCUT2D eigenvalue weighted by atomic mass is 16.7. The highest BCUT2D eigenvalue weighted by molar-refractivity contribution is 5.68. The summed E-state index contributed by atoms with van der Waals surface area (Å²) in [6.07, 6.45) is -5.18. The fourth-order valence-electron chi connectivity index (χ4n) is 2.33. The van der Waals surface area contributed by atoms with E-state index >= 15 is 0 Å². The summed E-state index contributed by atoms with van der Waals surface area (Å²) in [4.78, 5) is 47.9. The van der Waals surface area contributed by atoms with Gasteiger partial charge in [0, 0.05) is 32.6 Å². The van der Waals surface area contributed by atoms with Crippen LogP contribution in [0.15, 0.2) is 5.11 Å². The molecule has 0 bridgehead atoms. The van der Waals surface area contributed by atoms with Crippen LogP contribution >= 0.6 is 0 Å². The molecule has 0 N–H and O–H groups in total. The zero-order valence-corrected chi connectivity index (χ0v) is 14.6. The number of carbonyl (C=O) groups is 4. The Hall–Kier alpha value is -2.85. The molecule has 0 spiro atoms. The lowest BCUT2D eigenvalue weighted by molar-refractivity contribution is -0.267. The van der Waals surface area contributed by atoms with E-state index in [9.17, 15) is 19.2 Å². The first-order valence-corrected chi connectivity index (χ1v) is 7.50. The molecule has 0 aromatic carbocycles. The summed E-state index contributed by atoms with van der Waals surface area (Å²) >= 11 is 0. The van der Waals surface area contributed by atoms with Crippen LogP contribution in [0.3, 0.4) is 0 Å². The number of ether oxygens (including phenoxy) is 5. The molecule has 0 radical (unpaired) electrons. The Bertz CT molecular complexity index is 617. The maximum Gasteiger partial charge on any atom is 0.304 e. The lowest BCUT2D eigenvalue weighted by atomic mass is 9.97. The normalized spacial score (nSPS) is 27.5. The van der Waals surface area contributed by atoms with Gasteiger partial charge in [0.1, 0.15) is 18.8 Å². The third-order valence-corrected chi connectivity index (χ3v) is 3.14. The minimum atomic E-state index is -1.44. The fraction of sp³-hybridized carbons (Fsp3) is 0.714. The third-order valence-electron chi connectivity index (χ3n) is 3.14. The average molecular weight is 373 g/mol. The topological polar surface area (TPSA) is 163 Å². The van der Waals surface area contributed by atoms with Gasteiger partial charge in [0.2, 0.25) is 6.29 Å². The Labute approximate surface area is 148 Å². The Kier molecular flexibility index (Phi) is 7.81. The quantitative estimate of drug-likeness (QED) is 0.210. The van der Waals surface area contributed by atoms with E-state index < -0.39 is 54.5 Å². The molecule has 1 aliphatic rings. The zero-order valence-electron chi connectivity index (χ0n) is 14.6. The van der Waals surface area contributed by atoms with Crippen LogP contribution in [0.25, 0.3) is 10.4 Å². The van der Waals surface area contributed by atoms with Crippen LogP contribution in [0.5, 0.6) is 0 Å². The molecule has 12 nitrogen and oxygen atoms in total. The van der Waals surface area contributed by atoms with Gasteiger partial charge in [-0.15, -0.1) is 0 Å². The van der Waals surface area contributed by atoms with Crippen LogP contribution in [0.2, 0.25) is 0 Å². The monoisotopic (exact) mass is 373 g/mol. The smallest absolute Gasteiger partial charge is 0.304 e. The SMILES string of the molecule is CC(=O)OC[C@@H]1O[C@@H](OC(C)=O)[C@@H](N=[N+]=[N-])[C@H](OC(C)=O)[C@@H]1OC(C)=O. The van der Waals surface area contributed by atoms with Crippen LogP contribution in [0, 0.1) is 0 Å². The van der Waals surface area contributed by atoms with Gasteiger partial charge in [-0.3, -0.25) is 19.2 Å². The molecule has 5 atom stereocenters. The molecular weight excluding hydrogens is 354 g/mol. The van der Waals surface area contributed by atoms with Gasteiger partial charge in [-0.05, 0) is 5.53 Å². The van der Waals surface area contributed by atoms with Crippen molar-refractivity contribution in [3.63, 3.8) is 0 Å². The molecule has 0 aliphatic carbocycles. The number of carbonyl (C=O) groups excluding carboxylic acids is 4. The number of nitrogens with zero attached hydrogens (tertiary/aromatic N) is 3. The second kappa shape index (κ2) is 9.59. The summed E-state index contributed by atoms with van der Waals surface area (Å²) in [6, 6.07) is -1.33. The molecule has 0 aromatic heterocycles. The molecule has 1 heterocycles. The summed E-state index contributed by atoms with van der Waals surface area (Å²) in [6.45, 7) is 4.06. The van der Waals surface area contributed by atoms with E-state index in [1.54, 1.807) is 0 Å². The highest BCUT2D eigenvalue weighted by Gasteiger charge is 2.51. The molecule has 0 saturated carbocycles. The van der Waals surface area contributed by atoms with E-state index in [4.69, 9.17) is 29.2 Å². The number of hydrogen-bond acceptors (Lipinski definition) is 10. The van der Waals surface area contributed by atoms with Crippen LogP contribution in [0.1, 0.15) is 27.7 Å². The van der Waals surface area contributed by atoms with Crippen molar-refractivity contribution >= 4 is 23.9 Å². The molecule has 0 unspecified atom stereocenters. The molecule has 1 fully saturated rings. The number of rotatable bonds is 6. The van der Waals surface area contributed by atoms with Crippen molar-refractivity contribution in [2.45, 2.75) is 58.3 Å². The lowest BCUT2D eigenvalue weighted by Gasteiger charge is -2.42. The van der Waals surface area contributed by atoms with Crippen molar-refractivity contribution < 1.29 is 42.9 Å². The maximum absolute atomic E-state index is 11.5. The summed E-state index contributed by atoms with van der Waals surface area (Å²) in [5.74, 6) is -2.90. The fourth-order valence-corrected chi connectivity index (χ4v) is 2.33. The van der Waals surface area contributed by atoms with Crippen LogP contribution in [0.4, 0.5) is 0 Å². The predicted molar refractivity (Wildman–Crippen MR) is 81.1 cm³/mol. The molecule has 1 saturated heterocycles. The highest BCUT2D eigenvalue weighted by Crippen LogP contribution is 2.29. The largest absolute Gasteiger partial charge is 0.463 e. The number of azide groups is 1. The molecule has 0 aromatic rings. The number of esters is 4. The Morgan fingerprint density at radius 2 is 1.46 bits per heavy atom. The van der Waals surface area contributed by atoms with E-state index in [1.807, 2.05) is 0 Å². The van der Waals surface area contributed by atoms with Gasteiger partial charge in [0.25, 0.3) is 0 Å². The molecule has 1 aliphatic heterocycles. The first kappa shape index (κ1) is 21.2. The van der Waals surface area contributed by atoms with Crippen LogP contribution in [-0.4, -0.2) is 61.1 Å². The van der Waals surface area contributed by atoms with Crippen molar-refractivity contribution in [2.24, 2.45) is 5.11 Å². The minimum Gasteiger partial charge on any atom is -0.463 e. The van der Waals surface area contributed by atoms with E-state index in [2.05, 4.69) is 10.0 Å². The average Bonchev–Trinajstić information content (AvgIpc) is 2.49. The lowest BCUT2D eigenvalue weighted by Crippen LogP contribution is -2.61. The summed E-state index contributed by atoms with van der Waals surface area (Å²) in [5.41, 5.74) is 8.78. The third kappa shape index (κ3) is 6.22. The van der Waals surface area contributed by atoms with Crippen LogP contribution in [-0.2, 0) is 42.9 Å². The zero-order chi connectivity index (χ0) is 19.9. The van der Waals surface area contributed by atoms with Crippen molar-refractivity contribution in [3.05, 3.63) is 10.4 Å². The first-order valence-electron chi connectivity index (χ1n) is 7.50. The van der Waals surface area contributed by atoms with E-state index in [1.165, 1.54) is 0 Å². The standard InChI is InChI=1S/C14H19N3O9/c1-6(18)22-5-10-12(23-7(2)19)13(24-8(3)20)11(16-17-15)14(26-10)25-9(4)21/h10-14H,5H2,1-4H3/t10-,11-,12+,13-,14+/m0/s1. The minimum absolute atomic E-state index is 0.383. The van der Waals surface area contributed by atoms with Gasteiger partial charge >= 0.3 is 23.9 Å². The van der Waals surface area contributed by atoms with Gasteiger partial charge < -0.3 is 23.7 Å². The number of hydrogen-bond donors (Lipinski definition) is 0. The Morgan fingerprint density at radius 1 is 0.923 bits per heavy atom. The summed E-state index contributed by atoms with van der Waals surface area (Å²) in [5, 5.41) is 3.44. The van der Waals surface area contributed by atoms with E-state index in [-0.39, 0.29) is 6.61 Å².